The Balaban J connectivity index is 2.76. The largest absolute Gasteiger partial charge is 0.274 e. The molecule has 0 bridgehead atoms. The smallest absolute Gasteiger partial charge is 0.274 e. The maximum Gasteiger partial charge on any atom is 0.274 e. The average molecular weight is 201 g/mol. The van der Waals surface area contributed by atoms with Crippen molar-refractivity contribution in [3.8, 4) is 0 Å². The number of rotatable bonds is 3. The first-order chi connectivity index (χ1) is 6.65. The molecule has 0 atom stereocenters. The van der Waals surface area contributed by atoms with Gasteiger partial charge in [0.1, 0.15) is 0 Å². The molecular formula is C9H9F2NO2. The molecular weight excluding hydrogens is 192 g/mol. The third-order valence-corrected chi connectivity index (χ3v) is 1.49. The second kappa shape index (κ2) is 4.66. The number of hydrogen-bond acceptors (Lipinski definition) is 2. The Bertz CT molecular complexity index is 342. The zero-order chi connectivity index (χ0) is 10.6. The monoisotopic (exact) mass is 201 g/mol. The molecule has 1 N–H and O–H groups in total. The molecule has 0 heterocycles. The van der Waals surface area contributed by atoms with Crippen LogP contribution in [0.5, 0.6) is 0 Å². The summed E-state index contributed by atoms with van der Waals surface area (Å²) < 4.78 is 25.1. The van der Waals surface area contributed by atoms with Gasteiger partial charge in [0.15, 0.2) is 11.6 Å². The van der Waals surface area contributed by atoms with E-state index in [-0.39, 0.29) is 5.56 Å². The van der Waals surface area contributed by atoms with E-state index in [1.807, 2.05) is 0 Å². The summed E-state index contributed by atoms with van der Waals surface area (Å²) in [5.74, 6) is -2.65. The molecule has 1 aromatic carbocycles. The minimum atomic E-state index is -1.06. The average Bonchev–Trinajstić information content (AvgIpc) is 2.18. The van der Waals surface area contributed by atoms with Crippen molar-refractivity contribution in [2.75, 3.05) is 6.61 Å². The van der Waals surface area contributed by atoms with Gasteiger partial charge in [-0.2, -0.15) is 0 Å². The molecule has 0 aliphatic heterocycles. The molecule has 0 radical (unpaired) electrons. The van der Waals surface area contributed by atoms with Crippen molar-refractivity contribution in [2.45, 2.75) is 6.92 Å². The highest BCUT2D eigenvalue weighted by atomic mass is 19.2. The maximum absolute atomic E-state index is 12.7. The van der Waals surface area contributed by atoms with Gasteiger partial charge < -0.3 is 0 Å². The predicted octanol–water partition coefficient (Wildman–Crippen LogP) is 1.65. The highest BCUT2D eigenvalue weighted by molar-refractivity contribution is 5.93. The first kappa shape index (κ1) is 10.6. The highest BCUT2D eigenvalue weighted by Crippen LogP contribution is 2.08. The molecule has 0 saturated heterocycles. The van der Waals surface area contributed by atoms with Gasteiger partial charge in [0.2, 0.25) is 0 Å². The van der Waals surface area contributed by atoms with Crippen LogP contribution >= 0.6 is 0 Å². The summed E-state index contributed by atoms with van der Waals surface area (Å²) in [6, 6.07) is 2.87. The summed E-state index contributed by atoms with van der Waals surface area (Å²) in [5, 5.41) is 0. The van der Waals surface area contributed by atoms with Gasteiger partial charge in [0.25, 0.3) is 5.91 Å². The van der Waals surface area contributed by atoms with Crippen LogP contribution in [0.15, 0.2) is 18.2 Å². The lowest BCUT2D eigenvalue weighted by molar-refractivity contribution is 0.0364. The van der Waals surface area contributed by atoms with Gasteiger partial charge in [-0.25, -0.2) is 14.3 Å². The Labute approximate surface area is 79.6 Å². The summed E-state index contributed by atoms with van der Waals surface area (Å²) in [7, 11) is 0. The Morgan fingerprint density at radius 1 is 1.43 bits per heavy atom. The number of hydroxylamine groups is 1. The van der Waals surface area contributed by atoms with Crippen molar-refractivity contribution in [3.63, 3.8) is 0 Å². The van der Waals surface area contributed by atoms with Crippen molar-refractivity contribution in [3.05, 3.63) is 35.4 Å². The van der Waals surface area contributed by atoms with Crippen LogP contribution in [0.4, 0.5) is 8.78 Å². The van der Waals surface area contributed by atoms with Gasteiger partial charge in [0.05, 0.1) is 6.61 Å². The van der Waals surface area contributed by atoms with Gasteiger partial charge in [-0.1, -0.05) is 0 Å². The second-order valence-corrected chi connectivity index (χ2v) is 2.49. The van der Waals surface area contributed by atoms with Crippen LogP contribution in [0.25, 0.3) is 0 Å². The molecule has 0 unspecified atom stereocenters. The van der Waals surface area contributed by atoms with E-state index in [4.69, 9.17) is 0 Å². The first-order valence-corrected chi connectivity index (χ1v) is 4.02. The number of halogens is 2. The molecule has 1 aromatic rings. The van der Waals surface area contributed by atoms with Crippen molar-refractivity contribution in [2.24, 2.45) is 0 Å². The molecule has 14 heavy (non-hydrogen) atoms. The van der Waals surface area contributed by atoms with Crippen molar-refractivity contribution >= 4 is 5.91 Å². The predicted molar refractivity (Wildman–Crippen MR) is 45.5 cm³/mol. The standard InChI is InChI=1S/C9H9F2NO2/c1-2-14-12-9(13)6-3-4-7(10)8(11)5-6/h3-5H,2H2,1H3,(H,12,13). The molecule has 0 aliphatic carbocycles. The Morgan fingerprint density at radius 2 is 2.14 bits per heavy atom. The van der Waals surface area contributed by atoms with Crippen LogP contribution in [0.1, 0.15) is 17.3 Å². The summed E-state index contributed by atoms with van der Waals surface area (Å²) in [4.78, 5) is 15.7. The van der Waals surface area contributed by atoms with E-state index < -0.39 is 17.5 Å². The van der Waals surface area contributed by atoms with Gasteiger partial charge in [-0.3, -0.25) is 9.63 Å². The number of carbonyl (C=O) groups is 1. The third-order valence-electron chi connectivity index (χ3n) is 1.49. The summed E-state index contributed by atoms with van der Waals surface area (Å²) in [6.07, 6.45) is 0. The Hall–Kier alpha value is -1.49. The van der Waals surface area contributed by atoms with Gasteiger partial charge >= 0.3 is 0 Å². The fourth-order valence-electron chi connectivity index (χ4n) is 0.834. The zero-order valence-electron chi connectivity index (χ0n) is 7.51. The Morgan fingerprint density at radius 3 is 2.71 bits per heavy atom. The summed E-state index contributed by atoms with van der Waals surface area (Å²) in [5.41, 5.74) is 2.08. The van der Waals surface area contributed by atoms with E-state index in [0.29, 0.717) is 6.61 Å². The highest BCUT2D eigenvalue weighted by Gasteiger charge is 2.08. The van der Waals surface area contributed by atoms with Gasteiger partial charge in [-0.05, 0) is 25.1 Å². The van der Waals surface area contributed by atoms with Gasteiger partial charge in [0, 0.05) is 5.56 Å². The molecule has 0 spiro atoms. The van der Waals surface area contributed by atoms with Crippen molar-refractivity contribution in [1.82, 2.24) is 5.48 Å². The fraction of sp³-hybridized carbons (Fsp3) is 0.222. The van der Waals surface area contributed by atoms with Crippen LogP contribution in [-0.4, -0.2) is 12.5 Å². The number of benzene rings is 1. The normalized spacial score (nSPS) is 9.93. The first-order valence-electron chi connectivity index (χ1n) is 4.02. The molecule has 1 amide bonds. The maximum atomic E-state index is 12.7. The summed E-state index contributed by atoms with van der Waals surface area (Å²) in [6.45, 7) is 1.99. The topological polar surface area (TPSA) is 38.3 Å². The second-order valence-electron chi connectivity index (χ2n) is 2.49. The number of carbonyl (C=O) groups excluding carboxylic acids is 1. The fourth-order valence-corrected chi connectivity index (χ4v) is 0.834. The van der Waals surface area contributed by atoms with E-state index in [9.17, 15) is 13.6 Å². The minimum Gasteiger partial charge on any atom is -0.274 e. The molecule has 0 aliphatic rings. The number of amides is 1. The van der Waals surface area contributed by atoms with E-state index in [1.165, 1.54) is 6.07 Å². The lowest BCUT2D eigenvalue weighted by Gasteiger charge is -2.03. The lowest BCUT2D eigenvalue weighted by Crippen LogP contribution is -2.23. The van der Waals surface area contributed by atoms with Crippen LogP contribution in [0.2, 0.25) is 0 Å². The van der Waals surface area contributed by atoms with Crippen LogP contribution in [0, 0.1) is 11.6 Å². The minimum absolute atomic E-state index is 0.0114. The SMILES string of the molecule is CCONC(=O)c1ccc(F)c(F)c1. The molecule has 0 fully saturated rings. The van der Waals surface area contributed by atoms with Crippen LogP contribution < -0.4 is 5.48 Å². The number of hydrogen-bond donors (Lipinski definition) is 1. The Kier molecular flexibility index (Phi) is 3.53. The molecule has 76 valence electrons. The van der Waals surface area contributed by atoms with Gasteiger partial charge in [-0.15, -0.1) is 0 Å². The van der Waals surface area contributed by atoms with Crippen LogP contribution in [-0.2, 0) is 4.84 Å². The lowest BCUT2D eigenvalue weighted by atomic mass is 10.2. The van der Waals surface area contributed by atoms with Crippen molar-refractivity contribution in [1.29, 1.82) is 0 Å². The number of nitrogens with one attached hydrogen (secondary N) is 1. The summed E-state index contributed by atoms with van der Waals surface area (Å²) >= 11 is 0. The molecule has 1 rings (SSSR count). The van der Waals surface area contributed by atoms with Crippen molar-refractivity contribution < 1.29 is 18.4 Å². The van der Waals surface area contributed by atoms with E-state index in [0.717, 1.165) is 12.1 Å². The molecule has 0 aromatic heterocycles. The van der Waals surface area contributed by atoms with E-state index >= 15 is 0 Å². The van der Waals surface area contributed by atoms with E-state index in [2.05, 4.69) is 10.3 Å². The van der Waals surface area contributed by atoms with Crippen LogP contribution in [0.3, 0.4) is 0 Å². The quantitative estimate of drug-likeness (QED) is 0.755. The molecule has 3 nitrogen and oxygen atoms in total. The van der Waals surface area contributed by atoms with E-state index in [1.54, 1.807) is 6.92 Å². The zero-order valence-corrected chi connectivity index (χ0v) is 7.51. The third kappa shape index (κ3) is 2.50. The molecule has 5 heteroatoms. The molecule has 0 saturated carbocycles.